The molecular formula is C8H13NOS. The summed E-state index contributed by atoms with van der Waals surface area (Å²) in [5.74, 6) is 0.455. The zero-order valence-corrected chi connectivity index (χ0v) is 7.40. The van der Waals surface area contributed by atoms with Gasteiger partial charge in [0.15, 0.2) is 0 Å². The highest BCUT2D eigenvalue weighted by Gasteiger charge is 2.13. The molecule has 0 aliphatic heterocycles. The second kappa shape index (κ2) is 5.45. The molecule has 0 bridgehead atoms. The lowest BCUT2D eigenvalue weighted by Gasteiger charge is -2.19. The Morgan fingerprint density at radius 2 is 2.09 bits per heavy atom. The minimum atomic E-state index is 0.419. The standard InChI is InChI=1S/C8H13NOS/c9-6-7-11-10-8-4-2-1-3-5-8/h8H,1-5,7H2. The molecule has 0 heterocycles. The van der Waals surface area contributed by atoms with Crippen molar-refractivity contribution in [2.45, 2.75) is 38.2 Å². The van der Waals surface area contributed by atoms with Gasteiger partial charge in [0.2, 0.25) is 0 Å². The molecule has 1 aliphatic carbocycles. The average molecular weight is 171 g/mol. The van der Waals surface area contributed by atoms with E-state index in [0.717, 1.165) is 0 Å². The summed E-state index contributed by atoms with van der Waals surface area (Å²) < 4.78 is 5.42. The van der Waals surface area contributed by atoms with Crippen LogP contribution >= 0.6 is 12.0 Å². The van der Waals surface area contributed by atoms with Crippen molar-refractivity contribution < 1.29 is 4.18 Å². The number of hydrogen-bond donors (Lipinski definition) is 0. The molecule has 0 unspecified atom stereocenters. The SMILES string of the molecule is N#CCSOC1CCCCC1. The highest BCUT2D eigenvalue weighted by Crippen LogP contribution is 2.23. The molecule has 0 atom stereocenters. The summed E-state index contributed by atoms with van der Waals surface area (Å²) in [5.41, 5.74) is 0. The van der Waals surface area contributed by atoms with E-state index in [1.54, 1.807) is 0 Å². The van der Waals surface area contributed by atoms with Crippen molar-refractivity contribution in [3.8, 4) is 6.07 Å². The Labute approximate surface area is 72.1 Å². The third kappa shape index (κ3) is 3.64. The van der Waals surface area contributed by atoms with E-state index in [2.05, 4.69) is 0 Å². The molecule has 0 aromatic rings. The van der Waals surface area contributed by atoms with Crippen molar-refractivity contribution in [1.29, 1.82) is 5.26 Å². The second-order valence-electron chi connectivity index (χ2n) is 2.78. The first-order valence-electron chi connectivity index (χ1n) is 4.08. The molecule has 0 amide bonds. The van der Waals surface area contributed by atoms with Gasteiger partial charge in [0.1, 0.15) is 5.75 Å². The first-order chi connectivity index (χ1) is 5.43. The lowest BCUT2D eigenvalue weighted by molar-refractivity contribution is 0.185. The molecular weight excluding hydrogens is 158 g/mol. The van der Waals surface area contributed by atoms with Crippen molar-refractivity contribution in [2.75, 3.05) is 5.75 Å². The fraction of sp³-hybridized carbons (Fsp3) is 0.875. The number of rotatable bonds is 3. The van der Waals surface area contributed by atoms with E-state index < -0.39 is 0 Å². The van der Waals surface area contributed by atoms with E-state index in [-0.39, 0.29) is 0 Å². The molecule has 0 saturated heterocycles. The van der Waals surface area contributed by atoms with Gasteiger partial charge in [-0.15, -0.1) is 0 Å². The Morgan fingerprint density at radius 3 is 2.73 bits per heavy atom. The fourth-order valence-electron chi connectivity index (χ4n) is 1.32. The Kier molecular flexibility index (Phi) is 4.41. The molecule has 62 valence electrons. The van der Waals surface area contributed by atoms with E-state index in [4.69, 9.17) is 9.44 Å². The van der Waals surface area contributed by atoms with E-state index in [1.807, 2.05) is 6.07 Å². The van der Waals surface area contributed by atoms with Crippen LogP contribution < -0.4 is 0 Å². The number of nitriles is 1. The van der Waals surface area contributed by atoms with E-state index in [0.29, 0.717) is 11.9 Å². The molecule has 0 spiro atoms. The third-order valence-corrected chi connectivity index (χ3v) is 2.53. The molecule has 3 heteroatoms. The van der Waals surface area contributed by atoms with Gasteiger partial charge in [-0.2, -0.15) is 5.26 Å². The lowest BCUT2D eigenvalue weighted by Crippen LogP contribution is -2.13. The quantitative estimate of drug-likeness (QED) is 0.483. The van der Waals surface area contributed by atoms with Gasteiger partial charge < -0.3 is 4.18 Å². The largest absolute Gasteiger partial charge is 0.311 e. The highest BCUT2D eigenvalue weighted by atomic mass is 32.2. The molecule has 1 saturated carbocycles. The van der Waals surface area contributed by atoms with Crippen LogP contribution in [0.2, 0.25) is 0 Å². The molecule has 0 radical (unpaired) electrons. The van der Waals surface area contributed by atoms with Crippen LogP contribution in [0.25, 0.3) is 0 Å². The van der Waals surface area contributed by atoms with Crippen molar-refractivity contribution in [3.05, 3.63) is 0 Å². The van der Waals surface area contributed by atoms with Crippen LogP contribution in [0.3, 0.4) is 0 Å². The predicted molar refractivity (Wildman–Crippen MR) is 46.0 cm³/mol. The Hall–Kier alpha value is -0.200. The van der Waals surface area contributed by atoms with E-state index in [1.165, 1.54) is 44.1 Å². The zero-order valence-electron chi connectivity index (χ0n) is 6.58. The maximum Gasteiger partial charge on any atom is 0.107 e. The first-order valence-corrected chi connectivity index (χ1v) is 5.00. The number of nitrogens with zero attached hydrogens (tertiary/aromatic N) is 1. The van der Waals surface area contributed by atoms with Gasteiger partial charge in [-0.25, -0.2) is 0 Å². The van der Waals surface area contributed by atoms with E-state index >= 15 is 0 Å². The van der Waals surface area contributed by atoms with Gasteiger partial charge in [-0.1, -0.05) is 19.3 Å². The summed E-state index contributed by atoms with van der Waals surface area (Å²) in [6.45, 7) is 0. The van der Waals surface area contributed by atoms with Gasteiger partial charge in [0.25, 0.3) is 0 Å². The third-order valence-electron chi connectivity index (χ3n) is 1.88. The average Bonchev–Trinajstić information content (AvgIpc) is 2.07. The summed E-state index contributed by atoms with van der Waals surface area (Å²) in [6.07, 6.45) is 6.71. The second-order valence-corrected chi connectivity index (χ2v) is 3.49. The van der Waals surface area contributed by atoms with Crippen LogP contribution in [0.5, 0.6) is 0 Å². The molecule has 1 rings (SSSR count). The molecule has 1 aliphatic rings. The van der Waals surface area contributed by atoms with Crippen molar-refractivity contribution in [2.24, 2.45) is 0 Å². The Balaban J connectivity index is 2.01. The van der Waals surface area contributed by atoms with Crippen LogP contribution in [0.15, 0.2) is 0 Å². The molecule has 2 nitrogen and oxygen atoms in total. The van der Waals surface area contributed by atoms with Gasteiger partial charge >= 0.3 is 0 Å². The van der Waals surface area contributed by atoms with Gasteiger partial charge in [-0.05, 0) is 12.8 Å². The first kappa shape index (κ1) is 8.89. The summed E-state index contributed by atoms with van der Waals surface area (Å²) in [6, 6.07) is 2.05. The predicted octanol–water partition coefficient (Wildman–Crippen LogP) is 2.51. The summed E-state index contributed by atoms with van der Waals surface area (Å²) >= 11 is 1.30. The highest BCUT2D eigenvalue weighted by molar-refractivity contribution is 7.94. The monoisotopic (exact) mass is 171 g/mol. The maximum absolute atomic E-state index is 8.24. The smallest absolute Gasteiger partial charge is 0.107 e. The minimum Gasteiger partial charge on any atom is -0.311 e. The lowest BCUT2D eigenvalue weighted by atomic mass is 9.98. The molecule has 0 aromatic carbocycles. The summed E-state index contributed by atoms with van der Waals surface area (Å²) in [4.78, 5) is 0. The van der Waals surface area contributed by atoms with Gasteiger partial charge in [0, 0.05) is 12.0 Å². The fourth-order valence-corrected chi connectivity index (χ4v) is 1.82. The Bertz CT molecular complexity index is 138. The maximum atomic E-state index is 8.24. The van der Waals surface area contributed by atoms with Crippen LogP contribution in [0, 0.1) is 11.3 Å². The van der Waals surface area contributed by atoms with Crippen LogP contribution in [0.4, 0.5) is 0 Å². The van der Waals surface area contributed by atoms with E-state index in [9.17, 15) is 0 Å². The number of hydrogen-bond acceptors (Lipinski definition) is 3. The topological polar surface area (TPSA) is 33.0 Å². The summed E-state index contributed by atoms with van der Waals surface area (Å²) in [7, 11) is 0. The normalized spacial score (nSPS) is 19.5. The molecule has 0 N–H and O–H groups in total. The summed E-state index contributed by atoms with van der Waals surface area (Å²) in [5, 5.41) is 8.24. The zero-order chi connectivity index (χ0) is 7.94. The van der Waals surface area contributed by atoms with Crippen LogP contribution in [0.1, 0.15) is 32.1 Å². The van der Waals surface area contributed by atoms with Crippen LogP contribution in [-0.4, -0.2) is 11.9 Å². The van der Waals surface area contributed by atoms with Crippen molar-refractivity contribution in [3.63, 3.8) is 0 Å². The minimum absolute atomic E-state index is 0.419. The van der Waals surface area contributed by atoms with Gasteiger partial charge in [0.05, 0.1) is 12.2 Å². The van der Waals surface area contributed by atoms with Crippen molar-refractivity contribution in [1.82, 2.24) is 0 Å². The Morgan fingerprint density at radius 1 is 1.36 bits per heavy atom. The molecule has 1 fully saturated rings. The van der Waals surface area contributed by atoms with Gasteiger partial charge in [-0.3, -0.25) is 0 Å². The molecule has 11 heavy (non-hydrogen) atoms. The van der Waals surface area contributed by atoms with Crippen molar-refractivity contribution >= 4 is 12.0 Å². The molecule has 0 aromatic heterocycles. The van der Waals surface area contributed by atoms with Crippen LogP contribution in [-0.2, 0) is 4.18 Å².